The lowest BCUT2D eigenvalue weighted by atomic mass is 9.66. The highest BCUT2D eigenvalue weighted by molar-refractivity contribution is 8.21. The molecule has 0 radical (unpaired) electrons. The molecular weight excluding hydrogens is 292 g/mol. The normalized spacial score (nSPS) is 36.0. The second-order valence-corrected chi connectivity index (χ2v) is 10.0. The Morgan fingerprint density at radius 1 is 1.00 bits per heavy atom. The van der Waals surface area contributed by atoms with Gasteiger partial charge in [0.15, 0.2) is 0 Å². The molecule has 1 heterocycles. The van der Waals surface area contributed by atoms with Gasteiger partial charge in [-0.25, -0.2) is 0 Å². The lowest BCUT2D eigenvalue weighted by Crippen LogP contribution is -2.39. The summed E-state index contributed by atoms with van der Waals surface area (Å²) in [6, 6.07) is 9.20. The number of hydrogen-bond acceptors (Lipinski definition) is 2. The van der Waals surface area contributed by atoms with Gasteiger partial charge in [0.2, 0.25) is 0 Å². The lowest BCUT2D eigenvalue weighted by molar-refractivity contribution is 0.279. The van der Waals surface area contributed by atoms with Crippen LogP contribution >= 0.6 is 23.5 Å². The van der Waals surface area contributed by atoms with Gasteiger partial charge >= 0.3 is 0 Å². The highest BCUT2D eigenvalue weighted by Gasteiger charge is 2.53. The summed E-state index contributed by atoms with van der Waals surface area (Å²) in [6.45, 7) is 0. The van der Waals surface area contributed by atoms with Crippen molar-refractivity contribution in [2.75, 3.05) is 11.5 Å². The smallest absolute Gasteiger partial charge is 0.0828 e. The highest BCUT2D eigenvalue weighted by Crippen LogP contribution is 2.64. The third-order valence-electron chi connectivity index (χ3n) is 6.15. The number of fused-ring (bicyclic) bond motifs is 6. The molecule has 0 bridgehead atoms. The van der Waals surface area contributed by atoms with E-state index in [1.54, 1.807) is 16.7 Å². The summed E-state index contributed by atoms with van der Waals surface area (Å²) in [6.07, 6.45) is 9.87. The summed E-state index contributed by atoms with van der Waals surface area (Å²) in [5.74, 6) is 5.49. The van der Waals surface area contributed by atoms with E-state index in [1.165, 1.54) is 43.6 Å². The zero-order chi connectivity index (χ0) is 13.9. The Morgan fingerprint density at radius 3 is 2.76 bits per heavy atom. The maximum Gasteiger partial charge on any atom is 0.0828 e. The van der Waals surface area contributed by atoms with Gasteiger partial charge in [0.25, 0.3) is 0 Å². The van der Waals surface area contributed by atoms with Gasteiger partial charge in [0.1, 0.15) is 0 Å². The van der Waals surface area contributed by atoms with Crippen LogP contribution in [0.15, 0.2) is 30.3 Å². The van der Waals surface area contributed by atoms with E-state index in [2.05, 4.69) is 53.9 Å². The minimum atomic E-state index is 0.428. The van der Waals surface area contributed by atoms with Crippen molar-refractivity contribution in [2.45, 2.75) is 36.2 Å². The minimum absolute atomic E-state index is 0.428. The van der Waals surface area contributed by atoms with Gasteiger partial charge < -0.3 is 0 Å². The molecule has 2 fully saturated rings. The molecule has 110 valence electrons. The molecule has 0 N–H and O–H groups in total. The fourth-order valence-electron chi connectivity index (χ4n) is 5.35. The zero-order valence-corrected chi connectivity index (χ0v) is 14.0. The van der Waals surface area contributed by atoms with Crippen LogP contribution in [0.3, 0.4) is 0 Å². The van der Waals surface area contributed by atoms with Crippen LogP contribution in [-0.2, 0) is 6.42 Å². The summed E-state index contributed by atoms with van der Waals surface area (Å²) in [5.41, 5.74) is 4.91. The number of hydrogen-bond donors (Lipinski definition) is 0. The molecule has 1 spiro atoms. The first-order valence-electron chi connectivity index (χ1n) is 8.46. The predicted molar refractivity (Wildman–Crippen MR) is 94.7 cm³/mol. The average Bonchev–Trinajstić information content (AvgIpc) is 3.17. The number of rotatable bonds is 0. The molecule has 1 saturated heterocycles. The molecule has 21 heavy (non-hydrogen) atoms. The van der Waals surface area contributed by atoms with E-state index in [4.69, 9.17) is 0 Å². The van der Waals surface area contributed by atoms with Crippen LogP contribution in [0.2, 0.25) is 0 Å². The van der Waals surface area contributed by atoms with Crippen LogP contribution < -0.4 is 0 Å². The molecule has 1 saturated carbocycles. The van der Waals surface area contributed by atoms with Gasteiger partial charge in [0.05, 0.1) is 4.08 Å². The summed E-state index contributed by atoms with van der Waals surface area (Å²) >= 11 is 4.52. The third kappa shape index (κ3) is 1.84. The second-order valence-electron chi connectivity index (χ2n) is 7.02. The van der Waals surface area contributed by atoms with Crippen molar-refractivity contribution in [2.24, 2.45) is 17.8 Å². The molecule has 3 unspecified atom stereocenters. The van der Waals surface area contributed by atoms with Gasteiger partial charge in [0, 0.05) is 11.5 Å². The Morgan fingerprint density at radius 2 is 1.86 bits per heavy atom. The average molecular weight is 315 g/mol. The predicted octanol–water partition coefficient (Wildman–Crippen LogP) is 5.24. The number of thioether (sulfide) groups is 2. The quantitative estimate of drug-likeness (QED) is 0.642. The van der Waals surface area contributed by atoms with Crippen molar-refractivity contribution in [3.05, 3.63) is 41.5 Å². The van der Waals surface area contributed by atoms with E-state index in [9.17, 15) is 0 Å². The molecule has 2 heteroatoms. The van der Waals surface area contributed by atoms with Crippen LogP contribution in [0.4, 0.5) is 0 Å². The van der Waals surface area contributed by atoms with Crippen molar-refractivity contribution in [3.63, 3.8) is 0 Å². The van der Waals surface area contributed by atoms with Crippen molar-refractivity contribution in [3.8, 4) is 0 Å². The molecule has 1 aliphatic heterocycles. The van der Waals surface area contributed by atoms with Crippen LogP contribution in [0.25, 0.3) is 5.57 Å². The summed E-state index contributed by atoms with van der Waals surface area (Å²) in [7, 11) is 0. The van der Waals surface area contributed by atoms with E-state index in [-0.39, 0.29) is 0 Å². The third-order valence-corrected chi connectivity index (χ3v) is 9.68. The topological polar surface area (TPSA) is 0 Å². The van der Waals surface area contributed by atoms with Crippen molar-refractivity contribution < 1.29 is 0 Å². The fourth-order valence-corrected chi connectivity index (χ4v) is 8.92. The monoisotopic (exact) mass is 314 g/mol. The van der Waals surface area contributed by atoms with E-state index in [1.807, 2.05) is 0 Å². The van der Waals surface area contributed by atoms with E-state index in [0.717, 1.165) is 17.8 Å². The van der Waals surface area contributed by atoms with Gasteiger partial charge in [-0.15, -0.1) is 23.5 Å². The van der Waals surface area contributed by atoms with Gasteiger partial charge in [-0.3, -0.25) is 0 Å². The molecule has 1 aromatic carbocycles. The van der Waals surface area contributed by atoms with Crippen molar-refractivity contribution >= 4 is 29.1 Å². The Hall–Kier alpha value is -0.340. The molecular formula is C19H22S2. The van der Waals surface area contributed by atoms with Crippen LogP contribution in [-0.4, -0.2) is 15.6 Å². The molecule has 0 aromatic heterocycles. The van der Waals surface area contributed by atoms with Crippen LogP contribution in [0.5, 0.6) is 0 Å². The van der Waals surface area contributed by atoms with Crippen molar-refractivity contribution in [1.82, 2.24) is 0 Å². The zero-order valence-electron chi connectivity index (χ0n) is 12.4. The number of aryl methyl sites for hydroxylation is 1. The van der Waals surface area contributed by atoms with E-state index >= 15 is 0 Å². The molecule has 0 amide bonds. The number of benzene rings is 1. The molecule has 3 aliphatic carbocycles. The molecule has 0 nitrogen and oxygen atoms in total. The molecule has 5 rings (SSSR count). The maximum atomic E-state index is 2.74. The first-order valence-corrected chi connectivity index (χ1v) is 10.4. The number of allylic oxidation sites excluding steroid dienone is 1. The molecule has 1 aromatic rings. The SMILES string of the molecule is C1=C2c3ccccc3CCC2C2CCCC2C12SCCS2. The van der Waals surface area contributed by atoms with Crippen LogP contribution in [0, 0.1) is 17.8 Å². The second kappa shape index (κ2) is 4.83. The Kier molecular flexibility index (Phi) is 3.02. The standard InChI is InChI=1S/C19H22S2/c1-2-5-14-13(4-1)8-9-15-16-6-3-7-18(16)19(12-17(14)15)20-10-11-21-19/h1-2,4-5,12,15-16,18H,3,6-11H2. The van der Waals surface area contributed by atoms with E-state index < -0.39 is 0 Å². The van der Waals surface area contributed by atoms with Gasteiger partial charge in [-0.05, 0) is 60.1 Å². The molecule has 4 aliphatic rings. The summed E-state index contributed by atoms with van der Waals surface area (Å²) < 4.78 is 0.428. The van der Waals surface area contributed by atoms with Crippen molar-refractivity contribution in [1.29, 1.82) is 0 Å². The fraction of sp³-hybridized carbons (Fsp3) is 0.579. The van der Waals surface area contributed by atoms with E-state index in [0.29, 0.717) is 4.08 Å². The Labute approximate surface area is 136 Å². The summed E-state index contributed by atoms with van der Waals surface area (Å²) in [5, 5.41) is 0. The largest absolute Gasteiger partial charge is 0.139 e. The lowest BCUT2D eigenvalue weighted by Gasteiger charge is -2.46. The van der Waals surface area contributed by atoms with Crippen LogP contribution in [0.1, 0.15) is 36.8 Å². The first-order chi connectivity index (χ1) is 10.4. The van der Waals surface area contributed by atoms with Gasteiger partial charge in [-0.1, -0.05) is 36.8 Å². The Balaban J connectivity index is 1.69. The molecule has 3 atom stereocenters. The minimum Gasteiger partial charge on any atom is -0.139 e. The van der Waals surface area contributed by atoms with Gasteiger partial charge in [-0.2, -0.15) is 0 Å². The summed E-state index contributed by atoms with van der Waals surface area (Å²) in [4.78, 5) is 0. The highest BCUT2D eigenvalue weighted by atomic mass is 32.2. The Bertz CT molecular complexity index is 597. The maximum absolute atomic E-state index is 2.74. The first kappa shape index (κ1) is 13.1.